The van der Waals surface area contributed by atoms with Gasteiger partial charge in [-0.05, 0) is 24.9 Å². The molecule has 0 aliphatic heterocycles. The molecule has 20 heavy (non-hydrogen) atoms. The summed E-state index contributed by atoms with van der Waals surface area (Å²) in [4.78, 5) is 32.6. The lowest BCUT2D eigenvalue weighted by Crippen LogP contribution is -2.37. The third-order valence-electron chi connectivity index (χ3n) is 2.93. The topological polar surface area (TPSA) is 78.1 Å². The maximum absolute atomic E-state index is 11.9. The number of hydrogen-bond acceptors (Lipinski definition) is 5. The predicted molar refractivity (Wildman–Crippen MR) is 79.9 cm³/mol. The molecule has 2 heterocycles. The van der Waals surface area contributed by atoms with Gasteiger partial charge in [0, 0.05) is 6.54 Å². The zero-order valence-electron chi connectivity index (χ0n) is 11.6. The van der Waals surface area contributed by atoms with Crippen LogP contribution in [0.15, 0.2) is 16.2 Å². The molecule has 0 aromatic carbocycles. The molecule has 0 saturated heterocycles. The monoisotopic (exact) mass is 294 g/mol. The smallest absolute Gasteiger partial charge is 0.268 e. The van der Waals surface area contributed by atoms with E-state index in [0.29, 0.717) is 42.2 Å². The summed E-state index contributed by atoms with van der Waals surface area (Å²) in [5, 5.41) is 4.61. The summed E-state index contributed by atoms with van der Waals surface area (Å²) in [5.41, 5.74) is 0.594. The first-order valence-electron chi connectivity index (χ1n) is 6.59. The van der Waals surface area contributed by atoms with Gasteiger partial charge in [-0.1, -0.05) is 6.92 Å². The van der Waals surface area contributed by atoms with Crippen LogP contribution in [0.25, 0.3) is 10.2 Å². The number of aromatic amines is 1. The fourth-order valence-corrected chi connectivity index (χ4v) is 2.67. The van der Waals surface area contributed by atoms with Crippen molar-refractivity contribution in [3.8, 4) is 0 Å². The Morgan fingerprint density at radius 2 is 2.30 bits per heavy atom. The van der Waals surface area contributed by atoms with Gasteiger partial charge < -0.3 is 10.3 Å². The second-order valence-corrected chi connectivity index (χ2v) is 5.32. The minimum Gasteiger partial charge on any atom is -0.355 e. The van der Waals surface area contributed by atoms with Gasteiger partial charge in [-0.25, -0.2) is 4.98 Å². The Hall–Kier alpha value is -1.73. The van der Waals surface area contributed by atoms with E-state index in [1.54, 1.807) is 0 Å². The van der Waals surface area contributed by atoms with Gasteiger partial charge in [0.25, 0.3) is 5.56 Å². The van der Waals surface area contributed by atoms with Crippen molar-refractivity contribution < 1.29 is 4.79 Å². The molecule has 2 N–H and O–H groups in total. The molecule has 6 nitrogen and oxygen atoms in total. The Kier molecular flexibility index (Phi) is 4.86. The Morgan fingerprint density at radius 3 is 3.00 bits per heavy atom. The number of H-pyrrole nitrogens is 1. The first-order chi connectivity index (χ1) is 9.63. The zero-order chi connectivity index (χ0) is 14.5. The van der Waals surface area contributed by atoms with E-state index in [4.69, 9.17) is 0 Å². The number of nitrogens with one attached hydrogen (secondary N) is 2. The molecule has 0 unspecified atom stereocenters. The lowest BCUT2D eigenvalue weighted by molar-refractivity contribution is -0.122. The first kappa shape index (κ1) is 14.7. The zero-order valence-corrected chi connectivity index (χ0v) is 12.4. The van der Waals surface area contributed by atoms with Crippen molar-refractivity contribution in [3.63, 3.8) is 0 Å². The van der Waals surface area contributed by atoms with E-state index in [1.165, 1.54) is 11.3 Å². The maximum atomic E-state index is 11.9. The molecule has 0 fully saturated rings. The lowest BCUT2D eigenvalue weighted by Gasteiger charge is -2.18. The predicted octanol–water partition coefficient (Wildman–Crippen LogP) is 0.943. The van der Waals surface area contributed by atoms with Crippen LogP contribution < -0.4 is 10.9 Å². The molecule has 0 radical (unpaired) electrons. The van der Waals surface area contributed by atoms with Crippen molar-refractivity contribution in [2.75, 3.05) is 19.6 Å². The number of likely N-dealkylation sites (N-methyl/N-ethyl adjacent to an activating group) is 2. The Balaban J connectivity index is 2.12. The van der Waals surface area contributed by atoms with Crippen molar-refractivity contribution in [1.82, 2.24) is 20.2 Å². The van der Waals surface area contributed by atoms with E-state index >= 15 is 0 Å². The number of carbonyl (C=O) groups is 1. The second kappa shape index (κ2) is 6.62. The number of carbonyl (C=O) groups excluding carboxylic acids is 1. The van der Waals surface area contributed by atoms with Gasteiger partial charge in [-0.15, -0.1) is 11.3 Å². The molecular formula is C13H18N4O2S. The van der Waals surface area contributed by atoms with Crippen molar-refractivity contribution in [3.05, 3.63) is 27.6 Å². The molecule has 7 heteroatoms. The quantitative estimate of drug-likeness (QED) is 0.831. The van der Waals surface area contributed by atoms with Gasteiger partial charge >= 0.3 is 0 Å². The molecule has 2 rings (SSSR count). The van der Waals surface area contributed by atoms with Crippen LogP contribution in [0.3, 0.4) is 0 Å². The van der Waals surface area contributed by atoms with Gasteiger partial charge in [0.2, 0.25) is 5.91 Å². The molecular weight excluding hydrogens is 276 g/mol. The van der Waals surface area contributed by atoms with E-state index in [2.05, 4.69) is 15.3 Å². The van der Waals surface area contributed by atoms with Crippen LogP contribution in [-0.2, 0) is 11.3 Å². The fourth-order valence-electron chi connectivity index (χ4n) is 1.94. The number of fused-ring (bicyclic) bond motifs is 1. The standard InChI is InChI=1S/C13H18N4O2S/c1-3-14-11(18)8-17(4-2)7-10-15-9-5-6-20-12(9)13(19)16-10/h5-6H,3-4,7-8H2,1-2H3,(H,14,18)(H,15,16,19). The summed E-state index contributed by atoms with van der Waals surface area (Å²) in [7, 11) is 0. The summed E-state index contributed by atoms with van der Waals surface area (Å²) in [6.07, 6.45) is 0. The van der Waals surface area contributed by atoms with Crippen LogP contribution in [0.5, 0.6) is 0 Å². The Labute approximate surface area is 120 Å². The van der Waals surface area contributed by atoms with Crippen molar-refractivity contribution >= 4 is 27.5 Å². The maximum Gasteiger partial charge on any atom is 0.268 e. The number of amides is 1. The molecule has 2 aromatic rings. The highest BCUT2D eigenvalue weighted by molar-refractivity contribution is 7.17. The number of rotatable bonds is 6. The normalized spacial score (nSPS) is 11.2. The lowest BCUT2D eigenvalue weighted by atomic mass is 10.4. The van der Waals surface area contributed by atoms with Crippen LogP contribution in [0.4, 0.5) is 0 Å². The molecule has 108 valence electrons. The number of aromatic nitrogens is 2. The summed E-state index contributed by atoms with van der Waals surface area (Å²) < 4.78 is 0.639. The van der Waals surface area contributed by atoms with Gasteiger partial charge in [0.05, 0.1) is 18.6 Å². The van der Waals surface area contributed by atoms with Crippen LogP contribution in [0.1, 0.15) is 19.7 Å². The minimum absolute atomic E-state index is 0.0201. The van der Waals surface area contributed by atoms with E-state index < -0.39 is 0 Å². The van der Waals surface area contributed by atoms with Crippen molar-refractivity contribution in [2.45, 2.75) is 20.4 Å². The average Bonchev–Trinajstić information content (AvgIpc) is 2.87. The molecule has 0 spiro atoms. The molecule has 0 atom stereocenters. The first-order valence-corrected chi connectivity index (χ1v) is 7.47. The van der Waals surface area contributed by atoms with Gasteiger partial charge in [0.1, 0.15) is 10.5 Å². The minimum atomic E-state index is -0.117. The van der Waals surface area contributed by atoms with Crippen LogP contribution >= 0.6 is 11.3 Å². The van der Waals surface area contributed by atoms with Crippen LogP contribution in [0.2, 0.25) is 0 Å². The van der Waals surface area contributed by atoms with E-state index in [9.17, 15) is 9.59 Å². The summed E-state index contributed by atoms with van der Waals surface area (Å²) >= 11 is 1.38. The third kappa shape index (κ3) is 3.43. The highest BCUT2D eigenvalue weighted by atomic mass is 32.1. The van der Waals surface area contributed by atoms with Crippen LogP contribution in [0, 0.1) is 0 Å². The number of nitrogens with zero attached hydrogens (tertiary/aromatic N) is 2. The van der Waals surface area contributed by atoms with Gasteiger partial charge in [-0.2, -0.15) is 0 Å². The molecule has 0 bridgehead atoms. The summed E-state index contributed by atoms with van der Waals surface area (Å²) in [5.74, 6) is 0.570. The molecule has 0 aliphatic carbocycles. The fraction of sp³-hybridized carbons (Fsp3) is 0.462. The summed E-state index contributed by atoms with van der Waals surface area (Å²) in [6, 6.07) is 1.83. The van der Waals surface area contributed by atoms with Crippen molar-refractivity contribution in [2.24, 2.45) is 0 Å². The largest absolute Gasteiger partial charge is 0.355 e. The molecule has 2 aromatic heterocycles. The van der Waals surface area contributed by atoms with E-state index in [0.717, 1.165) is 0 Å². The highest BCUT2D eigenvalue weighted by Crippen LogP contribution is 2.14. The molecule has 1 amide bonds. The van der Waals surface area contributed by atoms with Gasteiger partial charge in [-0.3, -0.25) is 14.5 Å². The number of hydrogen-bond donors (Lipinski definition) is 2. The number of thiophene rings is 1. The molecule has 0 aliphatic rings. The third-order valence-corrected chi connectivity index (χ3v) is 3.83. The van der Waals surface area contributed by atoms with Crippen LogP contribution in [-0.4, -0.2) is 40.4 Å². The Morgan fingerprint density at radius 1 is 1.50 bits per heavy atom. The van der Waals surface area contributed by atoms with Crippen molar-refractivity contribution in [1.29, 1.82) is 0 Å². The van der Waals surface area contributed by atoms with E-state index in [-0.39, 0.29) is 11.5 Å². The average molecular weight is 294 g/mol. The Bertz CT molecular complexity index is 649. The second-order valence-electron chi connectivity index (χ2n) is 4.40. The van der Waals surface area contributed by atoms with Gasteiger partial charge in [0.15, 0.2) is 0 Å². The molecule has 0 saturated carbocycles. The van der Waals surface area contributed by atoms with E-state index in [1.807, 2.05) is 30.2 Å². The highest BCUT2D eigenvalue weighted by Gasteiger charge is 2.12. The SMILES string of the molecule is CCNC(=O)CN(CC)Cc1nc2ccsc2c(=O)[nH]1. The summed E-state index contributed by atoms with van der Waals surface area (Å²) in [6.45, 7) is 5.94.